The Labute approximate surface area is 100 Å². The average Bonchev–Trinajstić information content (AvgIpc) is 2.36. The van der Waals surface area contributed by atoms with E-state index in [0.717, 1.165) is 11.6 Å². The van der Waals surface area contributed by atoms with Crippen LogP contribution in [0.15, 0.2) is 61.2 Å². The summed E-state index contributed by atoms with van der Waals surface area (Å²) in [5.74, 6) is -0.933. The lowest BCUT2D eigenvalue weighted by molar-refractivity contribution is -0.131. The van der Waals surface area contributed by atoms with Gasteiger partial charge in [0, 0.05) is 6.08 Å². The first-order valence-corrected chi connectivity index (χ1v) is 4.89. The Morgan fingerprint density at radius 2 is 1.76 bits per heavy atom. The molecule has 0 saturated heterocycles. The number of carbonyl (C=O) groups excluding carboxylic acids is 1. The molecule has 3 heteroatoms. The quantitative estimate of drug-likeness (QED) is 0.491. The third-order valence-corrected chi connectivity index (χ3v) is 1.53. The second kappa shape index (κ2) is 10.1. The lowest BCUT2D eigenvalue weighted by Crippen LogP contribution is -1.84. The Bertz CT molecular complexity index is 397. The van der Waals surface area contributed by atoms with Gasteiger partial charge in [0.05, 0.1) is 0 Å². The predicted octanol–water partition coefficient (Wildman–Crippen LogP) is 2.71. The summed E-state index contributed by atoms with van der Waals surface area (Å²) in [6.07, 6.45) is 7.97. The number of carbonyl (C=O) groups is 2. The van der Waals surface area contributed by atoms with E-state index < -0.39 is 5.97 Å². The van der Waals surface area contributed by atoms with E-state index in [1.54, 1.807) is 6.08 Å². The number of carboxylic acids is 1. The van der Waals surface area contributed by atoms with Crippen LogP contribution in [0, 0.1) is 0 Å². The summed E-state index contributed by atoms with van der Waals surface area (Å²) in [6.45, 7) is 3.11. The fourth-order valence-electron chi connectivity index (χ4n) is 0.869. The van der Waals surface area contributed by atoms with Crippen LogP contribution in [0.3, 0.4) is 0 Å². The van der Waals surface area contributed by atoms with Gasteiger partial charge in [0.2, 0.25) is 0 Å². The van der Waals surface area contributed by atoms with Crippen LogP contribution in [0.2, 0.25) is 0 Å². The summed E-state index contributed by atoms with van der Waals surface area (Å²) in [5.41, 5.74) is 1.05. The number of benzene rings is 1. The average molecular weight is 230 g/mol. The molecule has 0 aliphatic heterocycles. The van der Waals surface area contributed by atoms with E-state index >= 15 is 0 Å². The van der Waals surface area contributed by atoms with E-state index in [9.17, 15) is 4.79 Å². The normalized spacial score (nSPS) is 9.65. The molecule has 0 fully saturated rings. The maximum absolute atomic E-state index is 10.1. The first-order chi connectivity index (χ1) is 8.20. The highest BCUT2D eigenvalue weighted by atomic mass is 16.4. The van der Waals surface area contributed by atoms with Gasteiger partial charge >= 0.3 is 5.97 Å². The minimum atomic E-state index is -0.933. The molecule has 1 aromatic rings. The Morgan fingerprint density at radius 1 is 1.18 bits per heavy atom. The van der Waals surface area contributed by atoms with Crippen LogP contribution < -0.4 is 0 Å². The van der Waals surface area contributed by atoms with E-state index in [0.29, 0.717) is 6.29 Å². The lowest BCUT2D eigenvalue weighted by atomic mass is 10.2. The van der Waals surface area contributed by atoms with Crippen molar-refractivity contribution in [1.82, 2.24) is 0 Å². The number of aliphatic carboxylic acids is 1. The van der Waals surface area contributed by atoms with Crippen molar-refractivity contribution in [1.29, 1.82) is 0 Å². The highest BCUT2D eigenvalue weighted by Crippen LogP contribution is 2.00. The van der Waals surface area contributed by atoms with Gasteiger partial charge in [-0.15, -0.1) is 0 Å². The zero-order valence-electron chi connectivity index (χ0n) is 9.32. The van der Waals surface area contributed by atoms with Crippen LogP contribution in [0.25, 0.3) is 6.08 Å². The van der Waals surface area contributed by atoms with E-state index in [1.807, 2.05) is 36.4 Å². The number of rotatable bonds is 4. The summed E-state index contributed by atoms with van der Waals surface area (Å²) in [6, 6.07) is 9.70. The standard InChI is InChI=1S/C11H10O2.C3H4O/c12-11(13)9-5-4-8-10-6-2-1-3-7-10;1-2-3-4/h1-9H,(H,12,13);2-3H,1H2. The van der Waals surface area contributed by atoms with Crippen molar-refractivity contribution in [2.45, 2.75) is 0 Å². The number of aldehydes is 1. The molecule has 1 aromatic carbocycles. The molecule has 0 aliphatic rings. The first kappa shape index (κ1) is 14.6. The molecule has 0 heterocycles. The molecule has 0 aliphatic carbocycles. The van der Waals surface area contributed by atoms with Gasteiger partial charge in [-0.25, -0.2) is 4.79 Å². The molecule has 0 atom stereocenters. The zero-order chi connectivity index (χ0) is 12.9. The van der Waals surface area contributed by atoms with Crippen LogP contribution in [-0.2, 0) is 9.59 Å². The number of allylic oxidation sites excluding steroid dienone is 3. The molecular weight excluding hydrogens is 216 g/mol. The molecule has 0 saturated carbocycles. The summed E-state index contributed by atoms with van der Waals surface area (Å²) < 4.78 is 0. The topological polar surface area (TPSA) is 54.4 Å². The summed E-state index contributed by atoms with van der Waals surface area (Å²) in [4.78, 5) is 19.1. The molecule has 1 rings (SSSR count). The number of hydrogen-bond donors (Lipinski definition) is 1. The molecule has 3 nitrogen and oxygen atoms in total. The molecule has 0 unspecified atom stereocenters. The van der Waals surface area contributed by atoms with Crippen molar-refractivity contribution < 1.29 is 14.7 Å². The van der Waals surface area contributed by atoms with E-state index in [1.165, 1.54) is 12.2 Å². The highest BCUT2D eigenvalue weighted by molar-refractivity contribution is 5.80. The molecule has 0 spiro atoms. The summed E-state index contributed by atoms with van der Waals surface area (Å²) in [7, 11) is 0. The minimum Gasteiger partial charge on any atom is -0.478 e. The molecule has 88 valence electrons. The number of carboxylic acid groups (broad SMARTS) is 1. The molecule has 0 amide bonds. The van der Waals surface area contributed by atoms with Gasteiger partial charge in [-0.05, 0) is 11.6 Å². The molecule has 0 aromatic heterocycles. The van der Waals surface area contributed by atoms with Crippen molar-refractivity contribution in [2.24, 2.45) is 0 Å². The predicted molar refractivity (Wildman–Crippen MR) is 68.5 cm³/mol. The molecular formula is C14H14O3. The fourth-order valence-corrected chi connectivity index (χ4v) is 0.869. The maximum atomic E-state index is 10.1. The Balaban J connectivity index is 0.000000557. The molecule has 17 heavy (non-hydrogen) atoms. The Morgan fingerprint density at radius 3 is 2.24 bits per heavy atom. The lowest BCUT2D eigenvalue weighted by Gasteiger charge is -1.87. The number of hydrogen-bond acceptors (Lipinski definition) is 2. The van der Waals surface area contributed by atoms with Crippen LogP contribution in [0.5, 0.6) is 0 Å². The third kappa shape index (κ3) is 9.87. The van der Waals surface area contributed by atoms with Gasteiger partial charge in [-0.2, -0.15) is 0 Å². The van der Waals surface area contributed by atoms with Gasteiger partial charge in [0.15, 0.2) is 0 Å². The Kier molecular flexibility index (Phi) is 8.67. The van der Waals surface area contributed by atoms with Crippen LogP contribution in [-0.4, -0.2) is 17.4 Å². The van der Waals surface area contributed by atoms with Crippen molar-refractivity contribution in [3.63, 3.8) is 0 Å². The van der Waals surface area contributed by atoms with Crippen molar-refractivity contribution >= 4 is 18.3 Å². The van der Waals surface area contributed by atoms with Crippen molar-refractivity contribution in [3.8, 4) is 0 Å². The van der Waals surface area contributed by atoms with Gasteiger partial charge in [0.1, 0.15) is 6.29 Å². The van der Waals surface area contributed by atoms with E-state index in [2.05, 4.69) is 6.58 Å². The van der Waals surface area contributed by atoms with Gasteiger partial charge in [0.25, 0.3) is 0 Å². The van der Waals surface area contributed by atoms with Gasteiger partial charge in [-0.1, -0.05) is 55.1 Å². The van der Waals surface area contributed by atoms with Crippen LogP contribution in [0.4, 0.5) is 0 Å². The van der Waals surface area contributed by atoms with Crippen LogP contribution in [0.1, 0.15) is 5.56 Å². The molecule has 0 bridgehead atoms. The second-order valence-corrected chi connectivity index (χ2v) is 2.84. The van der Waals surface area contributed by atoms with E-state index in [-0.39, 0.29) is 0 Å². The first-order valence-electron chi connectivity index (χ1n) is 4.89. The smallest absolute Gasteiger partial charge is 0.328 e. The van der Waals surface area contributed by atoms with Gasteiger partial charge in [-0.3, -0.25) is 4.79 Å². The molecule has 1 N–H and O–H groups in total. The van der Waals surface area contributed by atoms with Crippen LogP contribution >= 0.6 is 0 Å². The maximum Gasteiger partial charge on any atom is 0.328 e. The highest BCUT2D eigenvalue weighted by Gasteiger charge is 1.82. The minimum absolute atomic E-state index is 0.639. The largest absolute Gasteiger partial charge is 0.478 e. The fraction of sp³-hybridized carbons (Fsp3) is 0. The SMILES string of the molecule is C=CC=O.O=C(O)C=CC=Cc1ccccc1. The molecule has 0 radical (unpaired) electrons. The van der Waals surface area contributed by atoms with Gasteiger partial charge < -0.3 is 5.11 Å². The third-order valence-electron chi connectivity index (χ3n) is 1.53. The van der Waals surface area contributed by atoms with E-state index in [4.69, 9.17) is 9.90 Å². The monoisotopic (exact) mass is 230 g/mol. The van der Waals surface area contributed by atoms with Crippen molar-refractivity contribution in [3.05, 3.63) is 66.8 Å². The summed E-state index contributed by atoms with van der Waals surface area (Å²) in [5, 5.41) is 8.29. The van der Waals surface area contributed by atoms with Crippen molar-refractivity contribution in [2.75, 3.05) is 0 Å². The summed E-state index contributed by atoms with van der Waals surface area (Å²) >= 11 is 0. The zero-order valence-corrected chi connectivity index (χ0v) is 9.32. The second-order valence-electron chi connectivity index (χ2n) is 2.84. The Hall–Kier alpha value is -2.42.